The van der Waals surface area contributed by atoms with Crippen molar-refractivity contribution in [2.24, 2.45) is 0 Å². The summed E-state index contributed by atoms with van der Waals surface area (Å²) in [6.45, 7) is 1.98. The fraction of sp³-hybridized carbons (Fsp3) is 0.263. The SMILES string of the molecule is COC(=O)[C@@H](Cc1ccc(O)cc1)NC(=O)Cc1ccc(C)cc1. The smallest absolute Gasteiger partial charge is 0.328 e. The van der Waals surface area contributed by atoms with Crippen LogP contribution in [0.3, 0.4) is 0 Å². The summed E-state index contributed by atoms with van der Waals surface area (Å²) < 4.78 is 4.77. The molecular formula is C19H21NO4. The van der Waals surface area contributed by atoms with Crippen molar-refractivity contribution in [1.29, 1.82) is 0 Å². The molecule has 0 aliphatic rings. The quantitative estimate of drug-likeness (QED) is 0.797. The number of aromatic hydroxyl groups is 1. The van der Waals surface area contributed by atoms with Crippen LogP contribution in [0.1, 0.15) is 16.7 Å². The maximum absolute atomic E-state index is 12.2. The molecule has 0 fully saturated rings. The number of carbonyl (C=O) groups excluding carboxylic acids is 2. The Balaban J connectivity index is 2.02. The number of aryl methyl sites for hydroxylation is 1. The van der Waals surface area contributed by atoms with Gasteiger partial charge in [-0.1, -0.05) is 42.0 Å². The van der Waals surface area contributed by atoms with E-state index in [1.807, 2.05) is 31.2 Å². The second kappa shape index (κ2) is 8.15. The first-order valence-corrected chi connectivity index (χ1v) is 7.68. The molecular weight excluding hydrogens is 306 g/mol. The van der Waals surface area contributed by atoms with E-state index in [2.05, 4.69) is 5.32 Å². The topological polar surface area (TPSA) is 75.6 Å². The Morgan fingerprint density at radius 2 is 1.62 bits per heavy atom. The summed E-state index contributed by atoms with van der Waals surface area (Å²) in [5, 5.41) is 12.0. The molecule has 0 aliphatic carbocycles. The standard InChI is InChI=1S/C19H21NO4/c1-13-3-5-15(6-4-13)12-18(22)20-17(19(23)24-2)11-14-7-9-16(21)10-8-14/h3-10,17,21H,11-12H2,1-2H3,(H,20,22)/t17-/m1/s1. The normalized spacial score (nSPS) is 11.6. The molecule has 0 bridgehead atoms. The Labute approximate surface area is 141 Å². The first kappa shape index (κ1) is 17.5. The van der Waals surface area contributed by atoms with Crippen molar-refractivity contribution < 1.29 is 19.4 Å². The third-order valence-electron chi connectivity index (χ3n) is 3.68. The van der Waals surface area contributed by atoms with Crippen molar-refractivity contribution >= 4 is 11.9 Å². The molecule has 1 amide bonds. The molecule has 0 heterocycles. The van der Waals surface area contributed by atoms with E-state index in [-0.39, 0.29) is 18.1 Å². The minimum Gasteiger partial charge on any atom is -0.508 e. The third kappa shape index (κ3) is 5.12. The van der Waals surface area contributed by atoms with E-state index in [1.54, 1.807) is 12.1 Å². The highest BCUT2D eigenvalue weighted by Gasteiger charge is 2.22. The van der Waals surface area contributed by atoms with E-state index in [0.717, 1.165) is 16.7 Å². The predicted octanol–water partition coefficient (Wildman–Crippen LogP) is 2.14. The van der Waals surface area contributed by atoms with E-state index >= 15 is 0 Å². The molecule has 0 saturated carbocycles. The molecule has 0 saturated heterocycles. The van der Waals surface area contributed by atoms with Gasteiger partial charge in [0.15, 0.2) is 0 Å². The number of phenols is 1. The lowest BCUT2D eigenvalue weighted by Crippen LogP contribution is -2.43. The Morgan fingerprint density at radius 1 is 1.04 bits per heavy atom. The van der Waals surface area contributed by atoms with Crippen molar-refractivity contribution in [3.05, 3.63) is 65.2 Å². The van der Waals surface area contributed by atoms with E-state index in [0.29, 0.717) is 6.42 Å². The van der Waals surface area contributed by atoms with Gasteiger partial charge in [0.1, 0.15) is 11.8 Å². The number of nitrogens with one attached hydrogen (secondary N) is 1. The number of rotatable bonds is 6. The minimum atomic E-state index is -0.766. The number of ether oxygens (including phenoxy) is 1. The number of hydrogen-bond donors (Lipinski definition) is 2. The zero-order valence-corrected chi connectivity index (χ0v) is 13.8. The summed E-state index contributed by atoms with van der Waals surface area (Å²) >= 11 is 0. The molecule has 0 aliphatic heterocycles. The van der Waals surface area contributed by atoms with Crippen LogP contribution in [0.5, 0.6) is 5.75 Å². The molecule has 0 spiro atoms. The van der Waals surface area contributed by atoms with Gasteiger partial charge in [0.2, 0.25) is 5.91 Å². The summed E-state index contributed by atoms with van der Waals surface area (Å²) in [7, 11) is 1.29. The summed E-state index contributed by atoms with van der Waals surface area (Å²) in [5.74, 6) is -0.592. The van der Waals surface area contributed by atoms with Gasteiger partial charge in [0, 0.05) is 6.42 Å². The highest BCUT2D eigenvalue weighted by Crippen LogP contribution is 2.12. The molecule has 5 nitrogen and oxygen atoms in total. The second-order valence-corrected chi connectivity index (χ2v) is 5.68. The molecule has 0 unspecified atom stereocenters. The number of methoxy groups -OCH3 is 1. The third-order valence-corrected chi connectivity index (χ3v) is 3.68. The zero-order valence-electron chi connectivity index (χ0n) is 13.8. The van der Waals surface area contributed by atoms with Gasteiger partial charge in [-0.2, -0.15) is 0 Å². The van der Waals surface area contributed by atoms with Gasteiger partial charge >= 0.3 is 5.97 Å². The minimum absolute atomic E-state index is 0.150. The lowest BCUT2D eigenvalue weighted by Gasteiger charge is -2.17. The zero-order chi connectivity index (χ0) is 17.5. The predicted molar refractivity (Wildman–Crippen MR) is 90.6 cm³/mol. The number of benzene rings is 2. The summed E-state index contributed by atoms with van der Waals surface area (Å²) in [6, 6.07) is 13.4. The van der Waals surface area contributed by atoms with E-state index in [1.165, 1.54) is 19.2 Å². The van der Waals surface area contributed by atoms with Gasteiger partial charge < -0.3 is 15.2 Å². The number of esters is 1. The van der Waals surface area contributed by atoms with Gasteiger partial charge in [0.25, 0.3) is 0 Å². The van der Waals surface area contributed by atoms with Gasteiger partial charge in [-0.05, 0) is 30.2 Å². The summed E-state index contributed by atoms with van der Waals surface area (Å²) in [6.07, 6.45) is 0.496. The van der Waals surface area contributed by atoms with Crippen LogP contribution in [0, 0.1) is 6.92 Å². The molecule has 5 heteroatoms. The number of hydrogen-bond acceptors (Lipinski definition) is 4. The van der Waals surface area contributed by atoms with Crippen molar-refractivity contribution in [2.75, 3.05) is 7.11 Å². The maximum atomic E-state index is 12.2. The van der Waals surface area contributed by atoms with Gasteiger partial charge in [-0.3, -0.25) is 4.79 Å². The molecule has 2 N–H and O–H groups in total. The van der Waals surface area contributed by atoms with Crippen LogP contribution in [-0.4, -0.2) is 30.1 Å². The highest BCUT2D eigenvalue weighted by atomic mass is 16.5. The van der Waals surface area contributed by atoms with Crippen LogP contribution >= 0.6 is 0 Å². The van der Waals surface area contributed by atoms with Crippen molar-refractivity contribution in [3.8, 4) is 5.75 Å². The summed E-state index contributed by atoms with van der Waals surface area (Å²) in [4.78, 5) is 24.1. The van der Waals surface area contributed by atoms with Crippen LogP contribution in [0.4, 0.5) is 0 Å². The monoisotopic (exact) mass is 327 g/mol. The molecule has 24 heavy (non-hydrogen) atoms. The average molecular weight is 327 g/mol. The number of carbonyl (C=O) groups is 2. The Hall–Kier alpha value is -2.82. The lowest BCUT2D eigenvalue weighted by atomic mass is 10.0. The van der Waals surface area contributed by atoms with Crippen LogP contribution in [-0.2, 0) is 27.2 Å². The molecule has 2 rings (SSSR count). The van der Waals surface area contributed by atoms with E-state index in [4.69, 9.17) is 4.74 Å². The number of amides is 1. The van der Waals surface area contributed by atoms with Gasteiger partial charge in [-0.15, -0.1) is 0 Å². The first-order valence-electron chi connectivity index (χ1n) is 7.68. The molecule has 0 radical (unpaired) electrons. The maximum Gasteiger partial charge on any atom is 0.328 e. The van der Waals surface area contributed by atoms with Crippen LogP contribution < -0.4 is 5.32 Å². The van der Waals surface area contributed by atoms with Crippen LogP contribution in [0.2, 0.25) is 0 Å². The van der Waals surface area contributed by atoms with E-state index in [9.17, 15) is 14.7 Å². The van der Waals surface area contributed by atoms with Crippen molar-refractivity contribution in [2.45, 2.75) is 25.8 Å². The van der Waals surface area contributed by atoms with Gasteiger partial charge in [-0.25, -0.2) is 4.79 Å². The first-order chi connectivity index (χ1) is 11.5. The molecule has 2 aromatic rings. The second-order valence-electron chi connectivity index (χ2n) is 5.68. The average Bonchev–Trinajstić information content (AvgIpc) is 2.57. The lowest BCUT2D eigenvalue weighted by molar-refractivity contribution is -0.145. The van der Waals surface area contributed by atoms with Crippen molar-refractivity contribution in [1.82, 2.24) is 5.32 Å². The molecule has 2 aromatic carbocycles. The fourth-order valence-electron chi connectivity index (χ4n) is 2.34. The molecule has 0 aromatic heterocycles. The highest BCUT2D eigenvalue weighted by molar-refractivity contribution is 5.85. The largest absolute Gasteiger partial charge is 0.508 e. The molecule has 1 atom stereocenters. The fourth-order valence-corrected chi connectivity index (χ4v) is 2.34. The van der Waals surface area contributed by atoms with Crippen LogP contribution in [0.15, 0.2) is 48.5 Å². The number of phenolic OH excluding ortho intramolecular Hbond substituents is 1. The van der Waals surface area contributed by atoms with Crippen LogP contribution in [0.25, 0.3) is 0 Å². The van der Waals surface area contributed by atoms with E-state index < -0.39 is 12.0 Å². The Bertz CT molecular complexity index is 692. The molecule has 126 valence electrons. The van der Waals surface area contributed by atoms with Crippen molar-refractivity contribution in [3.63, 3.8) is 0 Å². The Kier molecular flexibility index (Phi) is 5.95. The van der Waals surface area contributed by atoms with Gasteiger partial charge in [0.05, 0.1) is 13.5 Å². The Morgan fingerprint density at radius 3 is 2.21 bits per heavy atom. The summed E-state index contributed by atoms with van der Waals surface area (Å²) in [5.41, 5.74) is 2.82.